The lowest BCUT2D eigenvalue weighted by Crippen LogP contribution is -2.54. The van der Waals surface area contributed by atoms with E-state index in [0.717, 1.165) is 25.3 Å². The summed E-state index contributed by atoms with van der Waals surface area (Å²) >= 11 is 0. The van der Waals surface area contributed by atoms with E-state index in [1.165, 1.54) is 0 Å². The lowest BCUT2D eigenvalue weighted by molar-refractivity contribution is 0.140. The van der Waals surface area contributed by atoms with Gasteiger partial charge in [-0.15, -0.1) is 5.10 Å². The van der Waals surface area contributed by atoms with Crippen molar-refractivity contribution < 1.29 is 4.74 Å². The lowest BCUT2D eigenvalue weighted by Gasteiger charge is -2.36. The third kappa shape index (κ3) is 2.00. The molecule has 1 aromatic heterocycles. The SMILES string of the molecule is COc1ccc(CN2CC(N)C2)nn1. The van der Waals surface area contributed by atoms with Gasteiger partial charge in [-0.05, 0) is 6.07 Å². The van der Waals surface area contributed by atoms with Crippen LogP contribution in [0.15, 0.2) is 12.1 Å². The lowest BCUT2D eigenvalue weighted by atomic mass is 10.1. The van der Waals surface area contributed by atoms with Crippen LogP contribution in [-0.2, 0) is 6.54 Å². The van der Waals surface area contributed by atoms with Crippen molar-refractivity contribution in [2.24, 2.45) is 5.73 Å². The Morgan fingerprint density at radius 2 is 2.29 bits per heavy atom. The van der Waals surface area contributed by atoms with Gasteiger partial charge >= 0.3 is 0 Å². The Labute approximate surface area is 82.9 Å². The van der Waals surface area contributed by atoms with Crippen molar-refractivity contribution in [2.75, 3.05) is 20.2 Å². The van der Waals surface area contributed by atoms with Crippen LogP contribution in [0.4, 0.5) is 0 Å². The molecule has 0 amide bonds. The quantitative estimate of drug-likeness (QED) is 0.711. The fraction of sp³-hybridized carbons (Fsp3) is 0.556. The topological polar surface area (TPSA) is 64.3 Å². The van der Waals surface area contributed by atoms with Crippen molar-refractivity contribution in [3.8, 4) is 5.88 Å². The minimum absolute atomic E-state index is 0.334. The van der Waals surface area contributed by atoms with Gasteiger partial charge in [-0.2, -0.15) is 5.10 Å². The van der Waals surface area contributed by atoms with Crippen molar-refractivity contribution in [1.29, 1.82) is 0 Å². The molecule has 0 atom stereocenters. The monoisotopic (exact) mass is 194 g/mol. The molecule has 0 spiro atoms. The Hall–Kier alpha value is -1.20. The number of aromatic nitrogens is 2. The number of nitrogens with two attached hydrogens (primary N) is 1. The maximum absolute atomic E-state index is 5.67. The first-order valence-corrected chi connectivity index (χ1v) is 4.62. The van der Waals surface area contributed by atoms with Crippen LogP contribution in [0.2, 0.25) is 0 Å². The zero-order chi connectivity index (χ0) is 9.97. The maximum Gasteiger partial charge on any atom is 0.233 e. The molecule has 1 saturated heterocycles. The van der Waals surface area contributed by atoms with Gasteiger partial charge in [-0.25, -0.2) is 0 Å². The van der Waals surface area contributed by atoms with Crippen molar-refractivity contribution in [1.82, 2.24) is 15.1 Å². The summed E-state index contributed by atoms with van der Waals surface area (Å²) in [6.07, 6.45) is 0. The van der Waals surface area contributed by atoms with E-state index < -0.39 is 0 Å². The van der Waals surface area contributed by atoms with Gasteiger partial charge in [0.1, 0.15) is 0 Å². The van der Waals surface area contributed by atoms with Gasteiger partial charge in [0.2, 0.25) is 5.88 Å². The molecule has 1 fully saturated rings. The van der Waals surface area contributed by atoms with Crippen molar-refractivity contribution >= 4 is 0 Å². The molecule has 0 aliphatic carbocycles. The van der Waals surface area contributed by atoms with Gasteiger partial charge in [-0.1, -0.05) is 0 Å². The van der Waals surface area contributed by atoms with Gasteiger partial charge in [0, 0.05) is 31.7 Å². The molecular weight excluding hydrogens is 180 g/mol. The van der Waals surface area contributed by atoms with Crippen LogP contribution in [0.1, 0.15) is 5.69 Å². The van der Waals surface area contributed by atoms with E-state index in [1.54, 1.807) is 7.11 Å². The molecule has 2 rings (SSSR count). The van der Waals surface area contributed by atoms with E-state index in [4.69, 9.17) is 10.5 Å². The average molecular weight is 194 g/mol. The molecule has 2 heterocycles. The van der Waals surface area contributed by atoms with Gasteiger partial charge in [-0.3, -0.25) is 4.90 Å². The van der Waals surface area contributed by atoms with Gasteiger partial charge in [0.25, 0.3) is 0 Å². The van der Waals surface area contributed by atoms with Crippen LogP contribution in [-0.4, -0.2) is 41.3 Å². The number of hydrogen-bond donors (Lipinski definition) is 1. The summed E-state index contributed by atoms with van der Waals surface area (Å²) < 4.78 is 4.92. The number of hydrogen-bond acceptors (Lipinski definition) is 5. The number of ether oxygens (including phenoxy) is 1. The Balaban J connectivity index is 1.90. The standard InChI is InChI=1S/C9H14N4O/c1-14-9-3-2-8(11-12-9)6-13-4-7(10)5-13/h2-3,7H,4-6,10H2,1H3. The normalized spacial score (nSPS) is 17.9. The highest BCUT2D eigenvalue weighted by molar-refractivity contribution is 5.11. The van der Waals surface area contributed by atoms with E-state index >= 15 is 0 Å². The number of rotatable bonds is 3. The number of nitrogens with zero attached hydrogens (tertiary/aromatic N) is 3. The van der Waals surface area contributed by atoms with Crippen LogP contribution < -0.4 is 10.5 Å². The average Bonchev–Trinajstić information content (AvgIpc) is 2.17. The highest BCUT2D eigenvalue weighted by atomic mass is 16.5. The zero-order valence-electron chi connectivity index (χ0n) is 8.18. The summed E-state index contributed by atoms with van der Waals surface area (Å²) in [4.78, 5) is 2.24. The maximum atomic E-state index is 5.67. The van der Waals surface area contributed by atoms with Gasteiger partial charge in [0.15, 0.2) is 0 Å². The Kier molecular flexibility index (Phi) is 2.60. The molecule has 1 aliphatic heterocycles. The molecule has 1 aromatic rings. The molecule has 0 saturated carbocycles. The fourth-order valence-electron chi connectivity index (χ4n) is 1.51. The third-order valence-electron chi connectivity index (χ3n) is 2.28. The molecule has 1 aliphatic rings. The number of methoxy groups -OCH3 is 1. The van der Waals surface area contributed by atoms with E-state index in [1.807, 2.05) is 12.1 Å². The van der Waals surface area contributed by atoms with Crippen LogP contribution in [0.5, 0.6) is 5.88 Å². The highest BCUT2D eigenvalue weighted by Gasteiger charge is 2.22. The summed E-state index contributed by atoms with van der Waals surface area (Å²) in [6, 6.07) is 4.08. The predicted octanol–water partition coefficient (Wildman–Crippen LogP) is -0.372. The molecular formula is C9H14N4O. The van der Waals surface area contributed by atoms with Gasteiger partial charge in [0.05, 0.1) is 12.8 Å². The minimum Gasteiger partial charge on any atom is -0.480 e. The van der Waals surface area contributed by atoms with Crippen molar-refractivity contribution in [2.45, 2.75) is 12.6 Å². The molecule has 2 N–H and O–H groups in total. The molecule has 0 aromatic carbocycles. The summed E-state index contributed by atoms with van der Waals surface area (Å²) in [5.41, 5.74) is 6.63. The second-order valence-electron chi connectivity index (χ2n) is 3.52. The second-order valence-corrected chi connectivity index (χ2v) is 3.52. The summed E-state index contributed by atoms with van der Waals surface area (Å²) in [5, 5.41) is 7.94. The zero-order valence-corrected chi connectivity index (χ0v) is 8.18. The third-order valence-corrected chi connectivity index (χ3v) is 2.28. The smallest absolute Gasteiger partial charge is 0.233 e. The van der Waals surface area contributed by atoms with Gasteiger partial charge < -0.3 is 10.5 Å². The summed E-state index contributed by atoms with van der Waals surface area (Å²) in [7, 11) is 1.58. The Morgan fingerprint density at radius 3 is 2.79 bits per heavy atom. The molecule has 0 bridgehead atoms. The molecule has 0 radical (unpaired) electrons. The Morgan fingerprint density at radius 1 is 1.50 bits per heavy atom. The predicted molar refractivity (Wildman–Crippen MR) is 51.8 cm³/mol. The fourth-order valence-corrected chi connectivity index (χ4v) is 1.51. The first kappa shape index (κ1) is 9.36. The largest absolute Gasteiger partial charge is 0.480 e. The van der Waals surface area contributed by atoms with Crippen LogP contribution in [0, 0.1) is 0 Å². The van der Waals surface area contributed by atoms with Crippen LogP contribution in [0.3, 0.4) is 0 Å². The highest BCUT2D eigenvalue weighted by Crippen LogP contribution is 2.11. The van der Waals surface area contributed by atoms with E-state index in [0.29, 0.717) is 11.9 Å². The van der Waals surface area contributed by atoms with Crippen LogP contribution >= 0.6 is 0 Å². The van der Waals surface area contributed by atoms with E-state index in [9.17, 15) is 0 Å². The van der Waals surface area contributed by atoms with Crippen molar-refractivity contribution in [3.05, 3.63) is 17.8 Å². The van der Waals surface area contributed by atoms with E-state index in [-0.39, 0.29) is 0 Å². The summed E-state index contributed by atoms with van der Waals surface area (Å²) in [5.74, 6) is 0.550. The van der Waals surface area contributed by atoms with Crippen LogP contribution in [0.25, 0.3) is 0 Å². The molecule has 5 nitrogen and oxygen atoms in total. The minimum atomic E-state index is 0.334. The molecule has 14 heavy (non-hydrogen) atoms. The first-order chi connectivity index (χ1) is 6.78. The molecule has 5 heteroatoms. The second kappa shape index (κ2) is 3.89. The molecule has 76 valence electrons. The Bertz CT molecular complexity index is 294. The first-order valence-electron chi connectivity index (χ1n) is 4.62. The number of likely N-dealkylation sites (tertiary alicyclic amines) is 1. The van der Waals surface area contributed by atoms with E-state index in [2.05, 4.69) is 15.1 Å². The van der Waals surface area contributed by atoms with Crippen molar-refractivity contribution in [3.63, 3.8) is 0 Å². The molecule has 0 unspecified atom stereocenters. The summed E-state index contributed by atoms with van der Waals surface area (Å²) in [6.45, 7) is 2.73.